The number of nitrogens with zero attached hydrogens (tertiary/aromatic N) is 3. The van der Waals surface area contributed by atoms with Crippen molar-refractivity contribution in [2.45, 2.75) is 6.42 Å². The highest BCUT2D eigenvalue weighted by Crippen LogP contribution is 2.32. The Morgan fingerprint density at radius 1 is 1.12 bits per heavy atom. The van der Waals surface area contributed by atoms with Crippen LogP contribution in [0.4, 0.5) is 0 Å². The van der Waals surface area contributed by atoms with Gasteiger partial charge in [0.05, 0.1) is 11.9 Å². The molecule has 0 unspecified atom stereocenters. The topological polar surface area (TPSA) is 57.1 Å². The molecule has 5 nitrogen and oxygen atoms in total. The lowest BCUT2D eigenvalue weighted by Crippen LogP contribution is -1.95. The molecule has 0 atom stereocenters. The molecule has 0 radical (unpaired) electrons. The first-order valence-electron chi connectivity index (χ1n) is 4.93. The van der Waals surface area contributed by atoms with Crippen molar-refractivity contribution in [2.24, 2.45) is 0 Å². The second kappa shape index (κ2) is 3.77. The SMILES string of the molecule is c1cc(Cc2ccc3c(c2)OCO3)nnn1. The first kappa shape index (κ1) is 9.08. The molecule has 0 N–H and O–H groups in total. The summed E-state index contributed by atoms with van der Waals surface area (Å²) in [6, 6.07) is 7.71. The molecule has 16 heavy (non-hydrogen) atoms. The first-order valence-corrected chi connectivity index (χ1v) is 4.93. The van der Waals surface area contributed by atoms with E-state index >= 15 is 0 Å². The number of hydrogen-bond acceptors (Lipinski definition) is 5. The van der Waals surface area contributed by atoms with Gasteiger partial charge >= 0.3 is 0 Å². The molecule has 2 aromatic rings. The molecule has 0 spiro atoms. The summed E-state index contributed by atoms with van der Waals surface area (Å²) in [6.45, 7) is 0.299. The molecule has 0 aliphatic carbocycles. The third-order valence-electron chi connectivity index (χ3n) is 2.38. The van der Waals surface area contributed by atoms with Gasteiger partial charge in [0.2, 0.25) is 6.79 Å². The van der Waals surface area contributed by atoms with Gasteiger partial charge in [-0.15, -0.1) is 10.2 Å². The van der Waals surface area contributed by atoms with Crippen LogP contribution in [-0.2, 0) is 6.42 Å². The van der Waals surface area contributed by atoms with Crippen molar-refractivity contribution in [3.8, 4) is 11.5 Å². The largest absolute Gasteiger partial charge is 0.454 e. The van der Waals surface area contributed by atoms with Crippen LogP contribution in [0, 0.1) is 0 Å². The Kier molecular flexibility index (Phi) is 2.14. The molecule has 1 aliphatic heterocycles. The zero-order valence-corrected chi connectivity index (χ0v) is 8.46. The molecule has 0 amide bonds. The highest BCUT2D eigenvalue weighted by Gasteiger charge is 2.13. The second-order valence-electron chi connectivity index (χ2n) is 3.48. The summed E-state index contributed by atoms with van der Waals surface area (Å²) in [5.41, 5.74) is 2.00. The number of benzene rings is 1. The average molecular weight is 215 g/mol. The van der Waals surface area contributed by atoms with Gasteiger partial charge in [-0.3, -0.25) is 0 Å². The van der Waals surface area contributed by atoms with Crippen molar-refractivity contribution in [1.82, 2.24) is 15.4 Å². The van der Waals surface area contributed by atoms with E-state index in [1.807, 2.05) is 24.3 Å². The first-order chi connectivity index (χ1) is 7.92. The highest BCUT2D eigenvalue weighted by atomic mass is 16.7. The van der Waals surface area contributed by atoms with E-state index in [0.717, 1.165) is 22.8 Å². The molecular weight excluding hydrogens is 206 g/mol. The van der Waals surface area contributed by atoms with Gasteiger partial charge in [-0.25, -0.2) is 0 Å². The second-order valence-corrected chi connectivity index (χ2v) is 3.48. The van der Waals surface area contributed by atoms with Crippen molar-refractivity contribution >= 4 is 0 Å². The third-order valence-corrected chi connectivity index (χ3v) is 2.38. The minimum Gasteiger partial charge on any atom is -0.454 e. The van der Waals surface area contributed by atoms with E-state index in [9.17, 15) is 0 Å². The quantitative estimate of drug-likeness (QED) is 0.753. The van der Waals surface area contributed by atoms with Crippen LogP contribution < -0.4 is 9.47 Å². The molecule has 0 saturated heterocycles. The van der Waals surface area contributed by atoms with Crippen LogP contribution >= 0.6 is 0 Å². The molecule has 0 fully saturated rings. The van der Waals surface area contributed by atoms with Crippen molar-refractivity contribution in [1.29, 1.82) is 0 Å². The van der Waals surface area contributed by atoms with E-state index < -0.39 is 0 Å². The van der Waals surface area contributed by atoms with Crippen LogP contribution in [0.1, 0.15) is 11.3 Å². The summed E-state index contributed by atoms with van der Waals surface area (Å²) in [7, 11) is 0. The van der Waals surface area contributed by atoms with Crippen LogP contribution in [0.2, 0.25) is 0 Å². The molecule has 1 aliphatic rings. The van der Waals surface area contributed by atoms with Gasteiger partial charge in [0.15, 0.2) is 11.5 Å². The molecule has 80 valence electrons. The van der Waals surface area contributed by atoms with Gasteiger partial charge in [0, 0.05) is 6.42 Å². The summed E-state index contributed by atoms with van der Waals surface area (Å²) < 4.78 is 10.5. The van der Waals surface area contributed by atoms with Gasteiger partial charge in [-0.05, 0) is 29.0 Å². The summed E-state index contributed by atoms with van der Waals surface area (Å²) >= 11 is 0. The standard InChI is InChI=1S/C11H9N3O2/c1-2-10-11(16-7-15-10)6-8(1)5-9-3-4-12-14-13-9/h1-4,6H,5,7H2. The number of ether oxygens (including phenoxy) is 2. The summed E-state index contributed by atoms with van der Waals surface area (Å²) in [5, 5.41) is 11.2. The van der Waals surface area contributed by atoms with Crippen LogP contribution in [0.25, 0.3) is 0 Å². The van der Waals surface area contributed by atoms with Crippen LogP contribution in [0.3, 0.4) is 0 Å². The van der Waals surface area contributed by atoms with E-state index in [1.54, 1.807) is 6.20 Å². The average Bonchev–Trinajstić information content (AvgIpc) is 2.77. The van der Waals surface area contributed by atoms with Crippen LogP contribution in [0.15, 0.2) is 30.5 Å². The maximum absolute atomic E-state index is 5.31. The molecule has 3 rings (SSSR count). The predicted octanol–water partition coefficient (Wildman–Crippen LogP) is 1.19. The summed E-state index contributed by atoms with van der Waals surface area (Å²) in [6.07, 6.45) is 2.35. The van der Waals surface area contributed by atoms with E-state index in [0.29, 0.717) is 13.2 Å². The van der Waals surface area contributed by atoms with E-state index in [1.165, 1.54) is 0 Å². The number of aromatic nitrogens is 3. The Labute approximate surface area is 92.0 Å². The Morgan fingerprint density at radius 2 is 2.06 bits per heavy atom. The Morgan fingerprint density at radius 3 is 2.94 bits per heavy atom. The minimum absolute atomic E-state index is 0.299. The molecule has 2 heterocycles. The Bertz CT molecular complexity index is 502. The lowest BCUT2D eigenvalue weighted by Gasteiger charge is -2.01. The van der Waals surface area contributed by atoms with Gasteiger partial charge < -0.3 is 9.47 Å². The monoisotopic (exact) mass is 215 g/mol. The fourth-order valence-electron chi connectivity index (χ4n) is 1.62. The maximum Gasteiger partial charge on any atom is 0.231 e. The fraction of sp³-hybridized carbons (Fsp3) is 0.182. The van der Waals surface area contributed by atoms with Gasteiger partial charge in [-0.1, -0.05) is 6.07 Å². The fourth-order valence-corrected chi connectivity index (χ4v) is 1.62. The highest BCUT2D eigenvalue weighted by molar-refractivity contribution is 5.45. The van der Waals surface area contributed by atoms with E-state index in [2.05, 4.69) is 15.4 Å². The van der Waals surface area contributed by atoms with Crippen molar-refractivity contribution in [3.05, 3.63) is 41.7 Å². The van der Waals surface area contributed by atoms with Gasteiger partial charge in [0.25, 0.3) is 0 Å². The maximum atomic E-state index is 5.31. The summed E-state index contributed by atoms with van der Waals surface area (Å²) in [5.74, 6) is 1.59. The third kappa shape index (κ3) is 1.67. The molecule has 5 heteroatoms. The molecule has 1 aromatic carbocycles. The van der Waals surface area contributed by atoms with E-state index in [4.69, 9.17) is 9.47 Å². The molecule has 1 aromatic heterocycles. The van der Waals surface area contributed by atoms with Crippen LogP contribution in [0.5, 0.6) is 11.5 Å². The zero-order chi connectivity index (χ0) is 10.8. The Balaban J connectivity index is 1.86. The molecular formula is C11H9N3O2. The smallest absolute Gasteiger partial charge is 0.231 e. The molecule has 0 bridgehead atoms. The van der Waals surface area contributed by atoms with Crippen LogP contribution in [-0.4, -0.2) is 22.2 Å². The lowest BCUT2D eigenvalue weighted by molar-refractivity contribution is 0.174. The Hall–Kier alpha value is -2.17. The number of fused-ring (bicyclic) bond motifs is 1. The lowest BCUT2D eigenvalue weighted by atomic mass is 10.1. The predicted molar refractivity (Wildman–Crippen MR) is 55.2 cm³/mol. The normalized spacial score (nSPS) is 12.8. The van der Waals surface area contributed by atoms with Gasteiger partial charge in [0.1, 0.15) is 0 Å². The van der Waals surface area contributed by atoms with Crippen molar-refractivity contribution in [2.75, 3.05) is 6.79 Å². The molecule has 0 saturated carbocycles. The van der Waals surface area contributed by atoms with E-state index in [-0.39, 0.29) is 0 Å². The summed E-state index contributed by atoms with van der Waals surface area (Å²) in [4.78, 5) is 0. The minimum atomic E-state index is 0.299. The number of rotatable bonds is 2. The van der Waals surface area contributed by atoms with Crippen molar-refractivity contribution < 1.29 is 9.47 Å². The number of hydrogen-bond donors (Lipinski definition) is 0. The van der Waals surface area contributed by atoms with Gasteiger partial charge in [-0.2, -0.15) is 0 Å². The zero-order valence-electron chi connectivity index (χ0n) is 8.46. The van der Waals surface area contributed by atoms with Crippen molar-refractivity contribution in [3.63, 3.8) is 0 Å².